The minimum atomic E-state index is 0.525. The van der Waals surface area contributed by atoms with Crippen molar-refractivity contribution in [2.24, 2.45) is 0 Å². The second-order valence-electron chi connectivity index (χ2n) is 4.98. The van der Waals surface area contributed by atoms with Crippen LogP contribution in [0.1, 0.15) is 5.56 Å². The molecule has 0 saturated carbocycles. The van der Waals surface area contributed by atoms with Gasteiger partial charge < -0.3 is 15.5 Å². The molecule has 0 atom stereocenters. The van der Waals surface area contributed by atoms with Gasteiger partial charge in [-0.3, -0.25) is 0 Å². The predicted octanol–water partition coefficient (Wildman–Crippen LogP) is 2.66. The van der Waals surface area contributed by atoms with Gasteiger partial charge in [-0.2, -0.15) is 10.1 Å². The first-order chi connectivity index (χ1) is 10.0. The Morgan fingerprint density at radius 3 is 2.81 bits per heavy atom. The molecule has 0 aliphatic carbocycles. The molecule has 0 amide bonds. The number of benzene rings is 1. The molecular weight excluding hydrogens is 332 g/mol. The van der Waals surface area contributed by atoms with Crippen LogP contribution in [0.2, 0.25) is 0 Å². The molecule has 0 fully saturated rings. The fourth-order valence-electron chi connectivity index (χ4n) is 1.74. The van der Waals surface area contributed by atoms with Gasteiger partial charge in [-0.05, 0) is 44.8 Å². The van der Waals surface area contributed by atoms with Crippen LogP contribution in [0.15, 0.2) is 28.9 Å². The molecule has 0 unspecified atom stereocenters. The minimum absolute atomic E-state index is 0.525. The normalized spacial score (nSPS) is 10.7. The number of likely N-dealkylation sites (N-methyl/N-ethyl adjacent to an activating group) is 1. The van der Waals surface area contributed by atoms with Gasteiger partial charge in [0.2, 0.25) is 5.95 Å². The Hall–Kier alpha value is -1.73. The molecule has 112 valence electrons. The van der Waals surface area contributed by atoms with Crippen LogP contribution in [0.5, 0.6) is 0 Å². The van der Waals surface area contributed by atoms with Crippen LogP contribution < -0.4 is 10.6 Å². The Morgan fingerprint density at radius 2 is 2.10 bits per heavy atom. The van der Waals surface area contributed by atoms with Crippen molar-refractivity contribution >= 4 is 33.4 Å². The number of hydrogen-bond donors (Lipinski definition) is 2. The first-order valence-electron chi connectivity index (χ1n) is 6.66. The number of hydrogen-bond acceptors (Lipinski definition) is 6. The number of halogens is 1. The first-order valence-corrected chi connectivity index (χ1v) is 7.45. The van der Waals surface area contributed by atoms with E-state index in [4.69, 9.17) is 0 Å². The molecule has 0 saturated heterocycles. The zero-order chi connectivity index (χ0) is 15.2. The van der Waals surface area contributed by atoms with Crippen LogP contribution in [0.3, 0.4) is 0 Å². The summed E-state index contributed by atoms with van der Waals surface area (Å²) in [5.74, 6) is 1.19. The van der Waals surface area contributed by atoms with E-state index in [0.29, 0.717) is 11.8 Å². The van der Waals surface area contributed by atoms with Gasteiger partial charge in [0.1, 0.15) is 0 Å². The number of aryl methyl sites for hydroxylation is 1. The zero-order valence-corrected chi connectivity index (χ0v) is 14.0. The van der Waals surface area contributed by atoms with Crippen molar-refractivity contribution in [2.75, 3.05) is 37.8 Å². The van der Waals surface area contributed by atoms with E-state index >= 15 is 0 Å². The lowest BCUT2D eigenvalue weighted by atomic mass is 10.2. The quantitative estimate of drug-likeness (QED) is 0.834. The van der Waals surface area contributed by atoms with Gasteiger partial charge in [0.25, 0.3) is 0 Å². The molecule has 2 N–H and O–H groups in total. The molecule has 0 spiro atoms. The standard InChI is InChI=1S/C14H19BrN6/c1-10-8-11(15)4-5-12(10)18-13-9-17-20-14(19-13)16-6-7-21(2)3/h4-5,8-9H,6-7H2,1-3H3,(H2,16,18,19,20). The highest BCUT2D eigenvalue weighted by Gasteiger charge is 2.03. The van der Waals surface area contributed by atoms with Gasteiger partial charge in [0, 0.05) is 23.2 Å². The zero-order valence-electron chi connectivity index (χ0n) is 12.4. The molecule has 1 aromatic carbocycles. The smallest absolute Gasteiger partial charge is 0.244 e. The Kier molecular flexibility index (Phi) is 5.46. The van der Waals surface area contributed by atoms with Gasteiger partial charge in [0.05, 0.1) is 6.20 Å². The van der Waals surface area contributed by atoms with E-state index in [1.807, 2.05) is 39.2 Å². The van der Waals surface area contributed by atoms with Crippen LogP contribution in [-0.4, -0.2) is 47.3 Å². The van der Waals surface area contributed by atoms with Crippen molar-refractivity contribution in [3.05, 3.63) is 34.4 Å². The van der Waals surface area contributed by atoms with Gasteiger partial charge in [-0.1, -0.05) is 15.9 Å². The number of aromatic nitrogens is 3. The number of anilines is 3. The predicted molar refractivity (Wildman–Crippen MR) is 89.0 cm³/mol. The molecule has 6 nitrogen and oxygen atoms in total. The average molecular weight is 351 g/mol. The van der Waals surface area contributed by atoms with Crippen LogP contribution in [-0.2, 0) is 0 Å². The summed E-state index contributed by atoms with van der Waals surface area (Å²) in [6.07, 6.45) is 1.61. The highest BCUT2D eigenvalue weighted by atomic mass is 79.9. The van der Waals surface area contributed by atoms with Crippen molar-refractivity contribution < 1.29 is 0 Å². The highest BCUT2D eigenvalue weighted by Crippen LogP contribution is 2.22. The second-order valence-corrected chi connectivity index (χ2v) is 5.90. The molecule has 2 aromatic rings. The second kappa shape index (κ2) is 7.33. The molecule has 1 heterocycles. The summed E-state index contributed by atoms with van der Waals surface area (Å²) in [5, 5.41) is 14.3. The third-order valence-corrected chi connectivity index (χ3v) is 3.35. The van der Waals surface area contributed by atoms with Crippen molar-refractivity contribution in [1.29, 1.82) is 0 Å². The molecule has 0 aliphatic rings. The van der Waals surface area contributed by atoms with E-state index in [-0.39, 0.29) is 0 Å². The monoisotopic (exact) mass is 350 g/mol. The van der Waals surface area contributed by atoms with E-state index < -0.39 is 0 Å². The summed E-state index contributed by atoms with van der Waals surface area (Å²) < 4.78 is 1.05. The summed E-state index contributed by atoms with van der Waals surface area (Å²) in [7, 11) is 4.05. The highest BCUT2D eigenvalue weighted by molar-refractivity contribution is 9.10. The summed E-state index contributed by atoms with van der Waals surface area (Å²) in [6.45, 7) is 3.72. The molecule has 1 aromatic heterocycles. The van der Waals surface area contributed by atoms with Gasteiger partial charge in [0.15, 0.2) is 5.82 Å². The van der Waals surface area contributed by atoms with E-state index in [0.717, 1.165) is 28.8 Å². The van der Waals surface area contributed by atoms with Crippen molar-refractivity contribution in [3.8, 4) is 0 Å². The number of nitrogens with zero attached hydrogens (tertiary/aromatic N) is 4. The number of nitrogens with one attached hydrogen (secondary N) is 2. The van der Waals surface area contributed by atoms with Gasteiger partial charge in [-0.15, -0.1) is 5.10 Å². The third kappa shape index (κ3) is 4.95. The lowest BCUT2D eigenvalue weighted by Crippen LogP contribution is -2.21. The summed E-state index contributed by atoms with van der Waals surface area (Å²) in [6, 6.07) is 6.04. The molecule has 7 heteroatoms. The lowest BCUT2D eigenvalue weighted by Gasteiger charge is -2.11. The van der Waals surface area contributed by atoms with Gasteiger partial charge >= 0.3 is 0 Å². The molecule has 0 bridgehead atoms. The van der Waals surface area contributed by atoms with Crippen LogP contribution in [0.25, 0.3) is 0 Å². The van der Waals surface area contributed by atoms with E-state index in [1.165, 1.54) is 0 Å². The Balaban J connectivity index is 2.03. The fraction of sp³-hybridized carbons (Fsp3) is 0.357. The molecular formula is C14H19BrN6. The first kappa shape index (κ1) is 15.7. The van der Waals surface area contributed by atoms with Crippen LogP contribution >= 0.6 is 15.9 Å². The minimum Gasteiger partial charge on any atom is -0.352 e. The Morgan fingerprint density at radius 1 is 1.29 bits per heavy atom. The lowest BCUT2D eigenvalue weighted by molar-refractivity contribution is 0.425. The number of rotatable bonds is 6. The average Bonchev–Trinajstić information content (AvgIpc) is 2.42. The largest absolute Gasteiger partial charge is 0.352 e. The van der Waals surface area contributed by atoms with E-state index in [2.05, 4.69) is 46.6 Å². The van der Waals surface area contributed by atoms with Crippen molar-refractivity contribution in [1.82, 2.24) is 20.1 Å². The molecule has 21 heavy (non-hydrogen) atoms. The maximum absolute atomic E-state index is 4.40. The van der Waals surface area contributed by atoms with Crippen molar-refractivity contribution in [3.63, 3.8) is 0 Å². The molecule has 2 rings (SSSR count). The third-order valence-electron chi connectivity index (χ3n) is 2.85. The summed E-state index contributed by atoms with van der Waals surface area (Å²) in [5.41, 5.74) is 2.13. The SMILES string of the molecule is Cc1cc(Br)ccc1Nc1cnnc(NCCN(C)C)n1. The maximum Gasteiger partial charge on any atom is 0.244 e. The van der Waals surface area contributed by atoms with Crippen LogP contribution in [0, 0.1) is 6.92 Å². The molecule has 0 radical (unpaired) electrons. The Bertz CT molecular complexity index is 602. The summed E-state index contributed by atoms with van der Waals surface area (Å²) >= 11 is 3.45. The van der Waals surface area contributed by atoms with Crippen molar-refractivity contribution in [2.45, 2.75) is 6.92 Å². The molecule has 0 aliphatic heterocycles. The Labute approximate surface area is 133 Å². The van der Waals surface area contributed by atoms with E-state index in [9.17, 15) is 0 Å². The van der Waals surface area contributed by atoms with E-state index in [1.54, 1.807) is 6.20 Å². The maximum atomic E-state index is 4.40. The topological polar surface area (TPSA) is 66.0 Å². The fourth-order valence-corrected chi connectivity index (χ4v) is 2.21. The van der Waals surface area contributed by atoms with Gasteiger partial charge in [-0.25, -0.2) is 0 Å². The van der Waals surface area contributed by atoms with Crippen LogP contribution in [0.4, 0.5) is 17.5 Å². The summed E-state index contributed by atoms with van der Waals surface area (Å²) in [4.78, 5) is 6.49.